The summed E-state index contributed by atoms with van der Waals surface area (Å²) in [7, 11) is 0. The molecule has 0 aromatic heterocycles. The number of ether oxygens (including phenoxy) is 1. The summed E-state index contributed by atoms with van der Waals surface area (Å²) < 4.78 is 5.33. The minimum atomic E-state index is -1.43. The number of hydrogen-bond donors (Lipinski definition) is 2. The van der Waals surface area contributed by atoms with Crippen LogP contribution in [-0.4, -0.2) is 24.5 Å². The van der Waals surface area contributed by atoms with E-state index in [0.29, 0.717) is 4.47 Å². The standard InChI is InChI=1S/C12H12BrN3O3/c1-2-19-12(18)10(15)11(17)16-9-5-8(13)4-3-7(9)6-14/h3-5,10H,2,15H2,1H3,(H,16,17). The van der Waals surface area contributed by atoms with Gasteiger partial charge in [0.2, 0.25) is 0 Å². The summed E-state index contributed by atoms with van der Waals surface area (Å²) in [6, 6.07) is 5.26. The van der Waals surface area contributed by atoms with Crippen LogP contribution in [0.1, 0.15) is 12.5 Å². The first-order chi connectivity index (χ1) is 8.99. The fourth-order valence-electron chi connectivity index (χ4n) is 1.27. The zero-order valence-corrected chi connectivity index (χ0v) is 11.7. The van der Waals surface area contributed by atoms with E-state index in [1.54, 1.807) is 19.1 Å². The van der Waals surface area contributed by atoms with Crippen molar-refractivity contribution in [3.63, 3.8) is 0 Å². The molecular formula is C12H12BrN3O3. The molecule has 0 spiro atoms. The fourth-order valence-corrected chi connectivity index (χ4v) is 1.63. The lowest BCUT2D eigenvalue weighted by atomic mass is 10.2. The number of nitriles is 1. The fraction of sp³-hybridized carbons (Fsp3) is 0.250. The third-order valence-electron chi connectivity index (χ3n) is 2.18. The number of nitrogens with two attached hydrogens (primary N) is 1. The number of hydrogen-bond acceptors (Lipinski definition) is 5. The van der Waals surface area contributed by atoms with E-state index in [9.17, 15) is 9.59 Å². The van der Waals surface area contributed by atoms with Gasteiger partial charge in [-0.05, 0) is 25.1 Å². The second-order valence-corrected chi connectivity index (χ2v) is 4.44. The van der Waals surface area contributed by atoms with Gasteiger partial charge in [0, 0.05) is 4.47 Å². The van der Waals surface area contributed by atoms with Gasteiger partial charge in [-0.3, -0.25) is 4.79 Å². The van der Waals surface area contributed by atoms with Gasteiger partial charge >= 0.3 is 5.97 Å². The minimum Gasteiger partial charge on any atom is -0.464 e. The molecule has 7 heteroatoms. The highest BCUT2D eigenvalue weighted by Gasteiger charge is 2.24. The topological polar surface area (TPSA) is 105 Å². The van der Waals surface area contributed by atoms with Crippen LogP contribution in [0.15, 0.2) is 22.7 Å². The predicted molar refractivity (Wildman–Crippen MR) is 72.1 cm³/mol. The minimum absolute atomic E-state index is 0.139. The number of esters is 1. The Hall–Kier alpha value is -1.91. The van der Waals surface area contributed by atoms with Crippen LogP contribution in [-0.2, 0) is 14.3 Å². The molecule has 1 aromatic rings. The van der Waals surface area contributed by atoms with Crippen molar-refractivity contribution in [3.05, 3.63) is 28.2 Å². The average molecular weight is 326 g/mol. The summed E-state index contributed by atoms with van der Waals surface area (Å²) in [5, 5.41) is 11.3. The Balaban J connectivity index is 2.85. The van der Waals surface area contributed by atoms with Crippen molar-refractivity contribution in [2.75, 3.05) is 11.9 Å². The van der Waals surface area contributed by atoms with E-state index in [2.05, 4.69) is 26.0 Å². The van der Waals surface area contributed by atoms with Crippen molar-refractivity contribution >= 4 is 33.5 Å². The molecule has 0 aliphatic carbocycles. The van der Waals surface area contributed by atoms with Gasteiger partial charge in [-0.25, -0.2) is 4.79 Å². The summed E-state index contributed by atoms with van der Waals surface area (Å²) >= 11 is 3.22. The summed E-state index contributed by atoms with van der Waals surface area (Å²) in [5.41, 5.74) is 5.99. The molecule has 0 heterocycles. The Morgan fingerprint density at radius 2 is 2.26 bits per heavy atom. The van der Waals surface area contributed by atoms with Crippen LogP contribution in [0, 0.1) is 11.3 Å². The SMILES string of the molecule is CCOC(=O)C(N)C(=O)Nc1cc(Br)ccc1C#N. The van der Waals surface area contributed by atoms with Crippen LogP contribution in [0.2, 0.25) is 0 Å². The van der Waals surface area contributed by atoms with Crippen LogP contribution < -0.4 is 11.1 Å². The molecule has 0 aliphatic heterocycles. The zero-order chi connectivity index (χ0) is 14.4. The van der Waals surface area contributed by atoms with Crippen LogP contribution in [0.25, 0.3) is 0 Å². The van der Waals surface area contributed by atoms with E-state index in [-0.39, 0.29) is 17.9 Å². The molecule has 1 rings (SSSR count). The van der Waals surface area contributed by atoms with Gasteiger partial charge in [0.1, 0.15) is 6.07 Å². The normalized spacial score (nSPS) is 11.3. The largest absolute Gasteiger partial charge is 0.464 e. The summed E-state index contributed by atoms with van der Waals surface area (Å²) in [4.78, 5) is 23.1. The quantitative estimate of drug-likeness (QED) is 0.638. The number of nitrogens with one attached hydrogen (secondary N) is 1. The van der Waals surface area contributed by atoms with Crippen LogP contribution in [0.3, 0.4) is 0 Å². The maximum atomic E-state index is 11.7. The van der Waals surface area contributed by atoms with Crippen molar-refractivity contribution < 1.29 is 14.3 Å². The van der Waals surface area contributed by atoms with E-state index < -0.39 is 17.9 Å². The highest BCUT2D eigenvalue weighted by Crippen LogP contribution is 2.20. The number of amides is 1. The second kappa shape index (κ2) is 6.87. The summed E-state index contributed by atoms with van der Waals surface area (Å²) in [6.07, 6.45) is 0. The van der Waals surface area contributed by atoms with Gasteiger partial charge < -0.3 is 15.8 Å². The van der Waals surface area contributed by atoms with Crippen molar-refractivity contribution in [2.24, 2.45) is 5.73 Å². The Morgan fingerprint density at radius 3 is 2.84 bits per heavy atom. The molecule has 0 fully saturated rings. The number of nitrogens with zero attached hydrogens (tertiary/aromatic N) is 1. The molecule has 1 atom stereocenters. The van der Waals surface area contributed by atoms with Gasteiger partial charge in [0.05, 0.1) is 17.9 Å². The highest BCUT2D eigenvalue weighted by molar-refractivity contribution is 9.10. The van der Waals surface area contributed by atoms with E-state index in [1.165, 1.54) is 6.07 Å². The molecule has 0 aliphatic rings. The van der Waals surface area contributed by atoms with Crippen molar-refractivity contribution in [1.29, 1.82) is 5.26 Å². The van der Waals surface area contributed by atoms with Gasteiger partial charge in [0.15, 0.2) is 6.04 Å². The second-order valence-electron chi connectivity index (χ2n) is 3.52. The molecule has 0 saturated heterocycles. The third kappa shape index (κ3) is 4.05. The molecule has 100 valence electrons. The van der Waals surface area contributed by atoms with Gasteiger partial charge in [-0.1, -0.05) is 15.9 Å². The van der Waals surface area contributed by atoms with E-state index in [0.717, 1.165) is 0 Å². The van der Waals surface area contributed by atoms with Gasteiger partial charge in [0.25, 0.3) is 5.91 Å². The van der Waals surface area contributed by atoms with Gasteiger partial charge in [-0.2, -0.15) is 5.26 Å². The number of anilines is 1. The Kier molecular flexibility index (Phi) is 5.48. The lowest BCUT2D eigenvalue weighted by molar-refractivity contribution is -0.146. The Labute approximate surface area is 118 Å². The average Bonchev–Trinajstić information content (AvgIpc) is 2.38. The molecule has 6 nitrogen and oxygen atoms in total. The zero-order valence-electron chi connectivity index (χ0n) is 10.1. The number of rotatable bonds is 4. The predicted octanol–water partition coefficient (Wildman–Crippen LogP) is 1.15. The van der Waals surface area contributed by atoms with E-state index >= 15 is 0 Å². The lowest BCUT2D eigenvalue weighted by Crippen LogP contribution is -2.43. The summed E-state index contributed by atoms with van der Waals surface area (Å²) in [6.45, 7) is 1.75. The molecule has 3 N–H and O–H groups in total. The molecule has 0 radical (unpaired) electrons. The Bertz CT molecular complexity index is 540. The maximum Gasteiger partial charge on any atom is 0.332 e. The first-order valence-corrected chi connectivity index (χ1v) is 6.21. The van der Waals surface area contributed by atoms with Crippen molar-refractivity contribution in [3.8, 4) is 6.07 Å². The van der Waals surface area contributed by atoms with Crippen molar-refractivity contribution in [2.45, 2.75) is 13.0 Å². The molecule has 0 bridgehead atoms. The first-order valence-electron chi connectivity index (χ1n) is 5.42. The number of halogens is 1. The van der Waals surface area contributed by atoms with Crippen LogP contribution in [0.5, 0.6) is 0 Å². The van der Waals surface area contributed by atoms with Crippen molar-refractivity contribution in [1.82, 2.24) is 0 Å². The van der Waals surface area contributed by atoms with E-state index in [4.69, 9.17) is 11.0 Å². The lowest BCUT2D eigenvalue weighted by Gasteiger charge is -2.12. The molecule has 1 aromatic carbocycles. The molecule has 0 saturated carbocycles. The number of benzene rings is 1. The van der Waals surface area contributed by atoms with Crippen LogP contribution in [0.4, 0.5) is 5.69 Å². The smallest absolute Gasteiger partial charge is 0.332 e. The summed E-state index contributed by atoms with van der Waals surface area (Å²) in [5.74, 6) is -1.54. The Morgan fingerprint density at radius 1 is 1.58 bits per heavy atom. The molecule has 1 unspecified atom stereocenters. The first kappa shape index (κ1) is 15.1. The maximum absolute atomic E-state index is 11.7. The molecule has 1 amide bonds. The number of carbonyl (C=O) groups excluding carboxylic acids is 2. The number of carbonyl (C=O) groups is 2. The molecule has 19 heavy (non-hydrogen) atoms. The monoisotopic (exact) mass is 325 g/mol. The van der Waals surface area contributed by atoms with E-state index in [1.807, 2.05) is 6.07 Å². The third-order valence-corrected chi connectivity index (χ3v) is 2.68. The van der Waals surface area contributed by atoms with Crippen LogP contribution >= 0.6 is 15.9 Å². The molecular weight excluding hydrogens is 314 g/mol. The van der Waals surface area contributed by atoms with Gasteiger partial charge in [-0.15, -0.1) is 0 Å². The highest BCUT2D eigenvalue weighted by atomic mass is 79.9.